The number of hydrogen-bond acceptors (Lipinski definition) is 4. The summed E-state index contributed by atoms with van der Waals surface area (Å²) in [6.45, 7) is 7.13. The minimum atomic E-state index is 0.286. The molecular formula is C16H22N4. The first-order valence-electron chi connectivity index (χ1n) is 7.30. The fraction of sp³-hybridized carbons (Fsp3) is 0.500. The third kappa shape index (κ3) is 2.36. The number of benzene rings is 1. The Kier molecular flexibility index (Phi) is 3.34. The average molecular weight is 270 g/mol. The molecule has 1 fully saturated rings. The number of fused-ring (bicyclic) bond motifs is 1. The molecule has 2 N–H and O–H groups in total. The second-order valence-corrected chi connectivity index (χ2v) is 6.12. The molecule has 1 aliphatic heterocycles. The molecule has 0 saturated carbocycles. The molecule has 0 spiro atoms. The van der Waals surface area contributed by atoms with Crippen molar-refractivity contribution in [2.45, 2.75) is 26.7 Å². The molecule has 2 heterocycles. The lowest BCUT2D eigenvalue weighted by Gasteiger charge is -2.39. The predicted molar refractivity (Wildman–Crippen MR) is 82.9 cm³/mol. The molecule has 4 heteroatoms. The van der Waals surface area contributed by atoms with Crippen molar-refractivity contribution in [2.75, 3.05) is 24.5 Å². The summed E-state index contributed by atoms with van der Waals surface area (Å²) in [7, 11) is 0. The van der Waals surface area contributed by atoms with Gasteiger partial charge in [-0.05, 0) is 43.9 Å². The third-order valence-electron chi connectivity index (χ3n) is 4.48. The van der Waals surface area contributed by atoms with Gasteiger partial charge in [0.15, 0.2) is 5.82 Å². The number of hydrogen-bond donors (Lipinski definition) is 1. The zero-order valence-corrected chi connectivity index (χ0v) is 12.3. The van der Waals surface area contributed by atoms with Crippen LogP contribution in [0.3, 0.4) is 0 Å². The normalized spacial score (nSPS) is 18.4. The van der Waals surface area contributed by atoms with E-state index in [0.717, 1.165) is 55.0 Å². The lowest BCUT2D eigenvalue weighted by atomic mass is 9.80. The van der Waals surface area contributed by atoms with Crippen LogP contribution in [-0.4, -0.2) is 29.6 Å². The maximum Gasteiger partial charge on any atom is 0.150 e. The molecule has 1 aliphatic rings. The van der Waals surface area contributed by atoms with Crippen molar-refractivity contribution >= 4 is 16.9 Å². The molecule has 3 rings (SSSR count). The summed E-state index contributed by atoms with van der Waals surface area (Å²) in [5, 5.41) is 0. The van der Waals surface area contributed by atoms with Crippen molar-refractivity contribution in [3.05, 3.63) is 30.0 Å². The number of para-hydroxylation sites is 2. The Bertz CT molecular complexity index is 615. The van der Waals surface area contributed by atoms with E-state index in [2.05, 4.69) is 16.8 Å². The van der Waals surface area contributed by atoms with E-state index in [-0.39, 0.29) is 5.41 Å². The summed E-state index contributed by atoms with van der Waals surface area (Å²) >= 11 is 0. The van der Waals surface area contributed by atoms with Crippen molar-refractivity contribution in [1.29, 1.82) is 0 Å². The van der Waals surface area contributed by atoms with Crippen LogP contribution in [0.15, 0.2) is 24.3 Å². The van der Waals surface area contributed by atoms with Crippen LogP contribution in [0.2, 0.25) is 0 Å². The highest BCUT2D eigenvalue weighted by Gasteiger charge is 2.29. The van der Waals surface area contributed by atoms with Crippen LogP contribution < -0.4 is 10.6 Å². The zero-order chi connectivity index (χ0) is 14.2. The highest BCUT2D eigenvalue weighted by Crippen LogP contribution is 2.32. The lowest BCUT2D eigenvalue weighted by molar-refractivity contribution is 0.258. The highest BCUT2D eigenvalue weighted by atomic mass is 15.2. The van der Waals surface area contributed by atoms with Gasteiger partial charge in [0.25, 0.3) is 0 Å². The van der Waals surface area contributed by atoms with Gasteiger partial charge in [-0.2, -0.15) is 0 Å². The minimum absolute atomic E-state index is 0.286. The molecular weight excluding hydrogens is 248 g/mol. The Morgan fingerprint density at radius 1 is 1.15 bits per heavy atom. The van der Waals surface area contributed by atoms with E-state index in [0.29, 0.717) is 0 Å². The molecule has 0 aliphatic carbocycles. The van der Waals surface area contributed by atoms with Crippen LogP contribution in [0.5, 0.6) is 0 Å². The smallest absolute Gasteiger partial charge is 0.150 e. The van der Waals surface area contributed by atoms with Crippen LogP contribution >= 0.6 is 0 Å². The van der Waals surface area contributed by atoms with Gasteiger partial charge >= 0.3 is 0 Å². The average Bonchev–Trinajstić information content (AvgIpc) is 2.48. The van der Waals surface area contributed by atoms with Gasteiger partial charge in [0, 0.05) is 13.1 Å². The van der Waals surface area contributed by atoms with E-state index >= 15 is 0 Å². The van der Waals surface area contributed by atoms with Crippen LogP contribution in [0, 0.1) is 12.3 Å². The molecule has 20 heavy (non-hydrogen) atoms. The van der Waals surface area contributed by atoms with Crippen LogP contribution in [0.25, 0.3) is 11.0 Å². The topological polar surface area (TPSA) is 55.0 Å². The Morgan fingerprint density at radius 2 is 1.75 bits per heavy atom. The molecule has 0 radical (unpaired) electrons. The maximum atomic E-state index is 5.88. The largest absolute Gasteiger partial charge is 0.355 e. The van der Waals surface area contributed by atoms with Crippen LogP contribution in [0.4, 0.5) is 5.82 Å². The monoisotopic (exact) mass is 270 g/mol. The van der Waals surface area contributed by atoms with Crippen LogP contribution in [-0.2, 0) is 0 Å². The van der Waals surface area contributed by atoms with E-state index in [1.54, 1.807) is 0 Å². The quantitative estimate of drug-likeness (QED) is 0.911. The number of aromatic nitrogens is 2. The lowest BCUT2D eigenvalue weighted by Crippen LogP contribution is -2.42. The molecule has 0 atom stereocenters. The van der Waals surface area contributed by atoms with E-state index in [1.807, 2.05) is 31.2 Å². The molecule has 0 unspecified atom stereocenters. The van der Waals surface area contributed by atoms with Crippen molar-refractivity contribution in [2.24, 2.45) is 11.1 Å². The summed E-state index contributed by atoms with van der Waals surface area (Å²) in [4.78, 5) is 11.8. The highest BCUT2D eigenvalue weighted by molar-refractivity contribution is 5.76. The van der Waals surface area contributed by atoms with Crippen molar-refractivity contribution in [3.63, 3.8) is 0 Å². The van der Waals surface area contributed by atoms with E-state index in [4.69, 9.17) is 10.7 Å². The fourth-order valence-corrected chi connectivity index (χ4v) is 2.84. The summed E-state index contributed by atoms with van der Waals surface area (Å²) in [6, 6.07) is 8.06. The Hall–Kier alpha value is -1.68. The second kappa shape index (κ2) is 5.02. The SMILES string of the molecule is Cc1nc2ccccc2nc1N1CCC(C)(CN)CC1. The first-order chi connectivity index (χ1) is 9.61. The molecule has 2 aromatic rings. The van der Waals surface area contributed by atoms with Gasteiger partial charge in [0.2, 0.25) is 0 Å². The zero-order valence-electron chi connectivity index (χ0n) is 12.3. The molecule has 0 bridgehead atoms. The van der Waals surface area contributed by atoms with E-state index in [9.17, 15) is 0 Å². The fourth-order valence-electron chi connectivity index (χ4n) is 2.84. The van der Waals surface area contributed by atoms with Gasteiger partial charge < -0.3 is 10.6 Å². The summed E-state index contributed by atoms with van der Waals surface area (Å²) in [5.41, 5.74) is 9.12. The van der Waals surface area contributed by atoms with E-state index < -0.39 is 0 Å². The molecule has 4 nitrogen and oxygen atoms in total. The van der Waals surface area contributed by atoms with Gasteiger partial charge in [-0.3, -0.25) is 0 Å². The molecule has 106 valence electrons. The van der Waals surface area contributed by atoms with Crippen LogP contribution in [0.1, 0.15) is 25.5 Å². The number of nitrogens with two attached hydrogens (primary N) is 1. The number of nitrogens with zero attached hydrogens (tertiary/aromatic N) is 3. The molecule has 1 saturated heterocycles. The summed E-state index contributed by atoms with van der Waals surface area (Å²) in [6.07, 6.45) is 2.24. The molecule has 1 aromatic carbocycles. The van der Waals surface area contributed by atoms with E-state index in [1.165, 1.54) is 0 Å². The number of aryl methyl sites for hydroxylation is 1. The number of rotatable bonds is 2. The predicted octanol–water partition coefficient (Wildman–Crippen LogP) is 2.50. The van der Waals surface area contributed by atoms with Gasteiger partial charge in [-0.15, -0.1) is 0 Å². The molecule has 1 aromatic heterocycles. The third-order valence-corrected chi connectivity index (χ3v) is 4.48. The second-order valence-electron chi connectivity index (χ2n) is 6.12. The Balaban J connectivity index is 1.89. The van der Waals surface area contributed by atoms with Crippen molar-refractivity contribution < 1.29 is 0 Å². The van der Waals surface area contributed by atoms with Gasteiger partial charge in [0.05, 0.1) is 16.7 Å². The maximum absolute atomic E-state index is 5.88. The first kappa shape index (κ1) is 13.3. The minimum Gasteiger partial charge on any atom is -0.355 e. The van der Waals surface area contributed by atoms with Crippen molar-refractivity contribution in [1.82, 2.24) is 9.97 Å². The summed E-state index contributed by atoms with van der Waals surface area (Å²) < 4.78 is 0. The van der Waals surface area contributed by atoms with Gasteiger partial charge in [-0.25, -0.2) is 9.97 Å². The molecule has 0 amide bonds. The Morgan fingerprint density at radius 3 is 2.35 bits per heavy atom. The number of anilines is 1. The summed E-state index contributed by atoms with van der Waals surface area (Å²) in [5.74, 6) is 1.03. The first-order valence-corrected chi connectivity index (χ1v) is 7.30. The standard InChI is InChI=1S/C16H22N4/c1-12-15(19-14-6-4-3-5-13(14)18-12)20-9-7-16(2,11-17)8-10-20/h3-6H,7-11,17H2,1-2H3. The van der Waals surface area contributed by atoms with Gasteiger partial charge in [0.1, 0.15) is 0 Å². The van der Waals surface area contributed by atoms with Gasteiger partial charge in [-0.1, -0.05) is 19.1 Å². The number of piperidine rings is 1. The Labute approximate surface area is 120 Å². The van der Waals surface area contributed by atoms with Crippen molar-refractivity contribution in [3.8, 4) is 0 Å².